The van der Waals surface area contributed by atoms with Crippen LogP contribution >= 0.6 is 0 Å². The first-order chi connectivity index (χ1) is 12.3. The van der Waals surface area contributed by atoms with E-state index in [1.807, 2.05) is 11.0 Å². The predicted molar refractivity (Wildman–Crippen MR) is 102 cm³/mol. The second-order valence-corrected chi connectivity index (χ2v) is 10.2. The van der Waals surface area contributed by atoms with E-state index >= 15 is 0 Å². The molecular formula is C20H30N2O3S. The molecule has 1 atom stereocenters. The Labute approximate surface area is 157 Å². The molecule has 2 aliphatic rings. The van der Waals surface area contributed by atoms with E-state index < -0.39 is 10.0 Å². The van der Waals surface area contributed by atoms with Crippen molar-refractivity contribution in [2.75, 3.05) is 26.2 Å². The molecule has 2 saturated heterocycles. The summed E-state index contributed by atoms with van der Waals surface area (Å²) in [5.41, 5.74) is -0.0923. The molecule has 0 N–H and O–H groups in total. The van der Waals surface area contributed by atoms with Gasteiger partial charge >= 0.3 is 0 Å². The molecule has 0 bridgehead atoms. The minimum atomic E-state index is -3.46. The topological polar surface area (TPSA) is 57.7 Å². The molecule has 2 heterocycles. The SMILES string of the molecule is CC(C)CCN1C[C@@]2(CCCN(S(=O)(=O)c3ccccc3)C2)CCC1=O. The van der Waals surface area contributed by atoms with E-state index in [1.54, 1.807) is 28.6 Å². The average molecular weight is 379 g/mol. The number of nitrogens with zero attached hydrogens (tertiary/aromatic N) is 2. The maximum atomic E-state index is 13.0. The zero-order valence-corrected chi connectivity index (χ0v) is 16.7. The highest BCUT2D eigenvalue weighted by molar-refractivity contribution is 7.89. The van der Waals surface area contributed by atoms with Crippen LogP contribution in [-0.4, -0.2) is 49.7 Å². The van der Waals surface area contributed by atoms with Crippen molar-refractivity contribution in [1.82, 2.24) is 9.21 Å². The van der Waals surface area contributed by atoms with E-state index in [2.05, 4.69) is 13.8 Å². The number of hydrogen-bond acceptors (Lipinski definition) is 3. The monoisotopic (exact) mass is 378 g/mol. The van der Waals surface area contributed by atoms with Gasteiger partial charge in [0.2, 0.25) is 15.9 Å². The highest BCUT2D eigenvalue weighted by Crippen LogP contribution is 2.40. The molecule has 0 aliphatic carbocycles. The molecule has 2 aliphatic heterocycles. The van der Waals surface area contributed by atoms with Crippen molar-refractivity contribution in [3.05, 3.63) is 30.3 Å². The molecule has 0 unspecified atom stereocenters. The lowest BCUT2D eigenvalue weighted by atomic mass is 9.74. The van der Waals surface area contributed by atoms with E-state index in [1.165, 1.54) is 0 Å². The highest BCUT2D eigenvalue weighted by Gasteiger charge is 2.44. The van der Waals surface area contributed by atoms with E-state index in [-0.39, 0.29) is 11.3 Å². The van der Waals surface area contributed by atoms with Crippen LogP contribution in [0.1, 0.15) is 46.0 Å². The minimum absolute atomic E-state index is 0.0923. The van der Waals surface area contributed by atoms with Gasteiger partial charge < -0.3 is 4.90 Å². The van der Waals surface area contributed by atoms with Crippen LogP contribution in [0.15, 0.2) is 35.2 Å². The van der Waals surface area contributed by atoms with Gasteiger partial charge in [0, 0.05) is 38.0 Å². The van der Waals surface area contributed by atoms with Crippen molar-refractivity contribution in [3.63, 3.8) is 0 Å². The summed E-state index contributed by atoms with van der Waals surface area (Å²) in [6.07, 6.45) is 4.19. The number of benzene rings is 1. The van der Waals surface area contributed by atoms with Crippen molar-refractivity contribution in [2.24, 2.45) is 11.3 Å². The van der Waals surface area contributed by atoms with Crippen molar-refractivity contribution in [1.29, 1.82) is 0 Å². The van der Waals surface area contributed by atoms with Gasteiger partial charge in [0.15, 0.2) is 0 Å². The number of sulfonamides is 1. The van der Waals surface area contributed by atoms with Crippen molar-refractivity contribution in [3.8, 4) is 0 Å². The molecule has 1 aromatic carbocycles. The number of likely N-dealkylation sites (tertiary alicyclic amines) is 1. The molecule has 0 saturated carbocycles. The van der Waals surface area contributed by atoms with Crippen LogP contribution in [-0.2, 0) is 14.8 Å². The van der Waals surface area contributed by atoms with Gasteiger partial charge in [-0.2, -0.15) is 4.31 Å². The molecule has 26 heavy (non-hydrogen) atoms. The van der Waals surface area contributed by atoms with E-state index in [9.17, 15) is 13.2 Å². The second-order valence-electron chi connectivity index (χ2n) is 8.25. The van der Waals surface area contributed by atoms with Gasteiger partial charge in [-0.05, 0) is 43.7 Å². The summed E-state index contributed by atoms with van der Waals surface area (Å²) >= 11 is 0. The van der Waals surface area contributed by atoms with Crippen LogP contribution in [0.25, 0.3) is 0 Å². The van der Waals surface area contributed by atoms with Gasteiger partial charge in [0.1, 0.15) is 0 Å². The molecule has 0 radical (unpaired) electrons. The molecule has 6 heteroatoms. The van der Waals surface area contributed by atoms with Crippen LogP contribution in [0, 0.1) is 11.3 Å². The molecule has 5 nitrogen and oxygen atoms in total. The van der Waals surface area contributed by atoms with Gasteiger partial charge in [-0.15, -0.1) is 0 Å². The van der Waals surface area contributed by atoms with Crippen molar-refractivity contribution >= 4 is 15.9 Å². The summed E-state index contributed by atoms with van der Waals surface area (Å²) in [5.74, 6) is 0.779. The maximum Gasteiger partial charge on any atom is 0.243 e. The molecular weight excluding hydrogens is 348 g/mol. The zero-order chi connectivity index (χ0) is 18.8. The largest absolute Gasteiger partial charge is 0.342 e. The fraction of sp³-hybridized carbons (Fsp3) is 0.650. The fourth-order valence-electron chi connectivity index (χ4n) is 4.16. The third-order valence-corrected chi connectivity index (χ3v) is 7.59. The van der Waals surface area contributed by atoms with Gasteiger partial charge in [-0.3, -0.25) is 4.79 Å². The number of piperidine rings is 2. The molecule has 3 rings (SSSR count). The van der Waals surface area contributed by atoms with Crippen molar-refractivity contribution < 1.29 is 13.2 Å². The summed E-state index contributed by atoms with van der Waals surface area (Å²) in [6.45, 7) is 6.90. The van der Waals surface area contributed by atoms with Crippen LogP contribution in [0.2, 0.25) is 0 Å². The van der Waals surface area contributed by atoms with Crippen LogP contribution in [0.3, 0.4) is 0 Å². The second kappa shape index (κ2) is 7.69. The van der Waals surface area contributed by atoms with Crippen molar-refractivity contribution in [2.45, 2.75) is 50.8 Å². The molecule has 1 amide bonds. The Bertz CT molecular complexity index is 733. The quantitative estimate of drug-likeness (QED) is 0.791. The third-order valence-electron chi connectivity index (χ3n) is 5.73. The smallest absolute Gasteiger partial charge is 0.243 e. The Balaban J connectivity index is 1.76. The molecule has 1 aromatic rings. The fourth-order valence-corrected chi connectivity index (χ4v) is 5.78. The number of amides is 1. The third kappa shape index (κ3) is 4.12. The molecule has 0 aromatic heterocycles. The number of carbonyl (C=O) groups excluding carboxylic acids is 1. The normalized spacial score (nSPS) is 25.2. The Morgan fingerprint density at radius 1 is 1.12 bits per heavy atom. The first-order valence-electron chi connectivity index (χ1n) is 9.65. The van der Waals surface area contributed by atoms with Gasteiger partial charge in [0.25, 0.3) is 0 Å². The Morgan fingerprint density at radius 2 is 1.85 bits per heavy atom. The number of hydrogen-bond donors (Lipinski definition) is 0. The number of rotatable bonds is 5. The first-order valence-corrected chi connectivity index (χ1v) is 11.1. The highest BCUT2D eigenvalue weighted by atomic mass is 32.2. The van der Waals surface area contributed by atoms with E-state index in [0.29, 0.717) is 36.9 Å². The predicted octanol–water partition coefficient (Wildman–Crippen LogP) is 3.13. The van der Waals surface area contributed by atoms with Crippen LogP contribution in [0.5, 0.6) is 0 Å². The van der Waals surface area contributed by atoms with Gasteiger partial charge in [-0.25, -0.2) is 8.42 Å². The minimum Gasteiger partial charge on any atom is -0.342 e. The van der Waals surface area contributed by atoms with Gasteiger partial charge in [0.05, 0.1) is 4.90 Å². The zero-order valence-electron chi connectivity index (χ0n) is 15.9. The summed E-state index contributed by atoms with van der Waals surface area (Å²) in [6, 6.07) is 8.68. The summed E-state index contributed by atoms with van der Waals surface area (Å²) in [4.78, 5) is 14.7. The Morgan fingerprint density at radius 3 is 2.54 bits per heavy atom. The Hall–Kier alpha value is -1.40. The van der Waals surface area contributed by atoms with Gasteiger partial charge in [-0.1, -0.05) is 32.0 Å². The average Bonchev–Trinajstić information content (AvgIpc) is 2.63. The molecule has 1 spiro atoms. The van der Waals surface area contributed by atoms with E-state index in [4.69, 9.17) is 0 Å². The summed E-state index contributed by atoms with van der Waals surface area (Å²) < 4.78 is 27.7. The maximum absolute atomic E-state index is 13.0. The standard InChI is InChI=1S/C20H30N2O3S/c1-17(2)10-14-21-15-20(12-9-19(21)23)11-6-13-22(16-20)26(24,25)18-7-4-3-5-8-18/h3-5,7-8,17H,6,9-16H2,1-2H3/t20-/m1/s1. The lowest BCUT2D eigenvalue weighted by Crippen LogP contribution is -2.55. The summed E-state index contributed by atoms with van der Waals surface area (Å²) in [7, 11) is -3.46. The lowest BCUT2D eigenvalue weighted by Gasteiger charge is -2.48. The van der Waals surface area contributed by atoms with Crippen LogP contribution < -0.4 is 0 Å². The van der Waals surface area contributed by atoms with E-state index in [0.717, 1.165) is 32.2 Å². The Kier molecular flexibility index (Phi) is 5.72. The van der Waals surface area contributed by atoms with Crippen LogP contribution in [0.4, 0.5) is 0 Å². The number of carbonyl (C=O) groups is 1. The lowest BCUT2D eigenvalue weighted by molar-refractivity contribution is -0.138. The summed E-state index contributed by atoms with van der Waals surface area (Å²) in [5, 5.41) is 0. The molecule has 144 valence electrons. The molecule has 2 fully saturated rings. The first kappa shape index (κ1) is 19.4.